The van der Waals surface area contributed by atoms with Crippen LogP contribution in [0.15, 0.2) is 12.1 Å². The number of nitrogens with zero attached hydrogens (tertiary/aromatic N) is 1. The Hall–Kier alpha value is -2.24. The van der Waals surface area contributed by atoms with Gasteiger partial charge in [0.15, 0.2) is 11.5 Å². The second-order valence-corrected chi connectivity index (χ2v) is 8.24. The molecule has 0 atom stereocenters. The maximum Gasteiger partial charge on any atom is 0.238 e. The summed E-state index contributed by atoms with van der Waals surface area (Å²) in [7, 11) is 3.22. The van der Waals surface area contributed by atoms with Crippen LogP contribution in [-0.2, 0) is 22.6 Å². The fourth-order valence-electron chi connectivity index (χ4n) is 3.48. The molecule has 1 saturated carbocycles. The highest BCUT2D eigenvalue weighted by molar-refractivity contribution is 6.08. The van der Waals surface area contributed by atoms with Gasteiger partial charge in [0.25, 0.3) is 0 Å². The van der Waals surface area contributed by atoms with Crippen LogP contribution < -0.4 is 14.8 Å². The molecule has 0 bridgehead atoms. The van der Waals surface area contributed by atoms with Gasteiger partial charge in [-0.25, -0.2) is 0 Å². The Bertz CT molecular complexity index is 732. The van der Waals surface area contributed by atoms with E-state index in [4.69, 9.17) is 9.47 Å². The zero-order chi connectivity index (χ0) is 19.1. The average Bonchev–Trinajstić information content (AvgIpc) is 3.39. The second-order valence-electron chi connectivity index (χ2n) is 8.24. The number of hydrogen-bond donors (Lipinski definition) is 1. The number of carbonyl (C=O) groups is 2. The second kappa shape index (κ2) is 6.49. The standard InChI is InChI=1S/C20H28N2O4/c1-19(2,3)21-17(23)20(7-8-20)18(24)22-9-6-13-10-15(25-4)16(26-5)11-14(13)12-22/h10-11H,6-9,12H2,1-5H3,(H,21,23). The smallest absolute Gasteiger partial charge is 0.238 e. The van der Waals surface area contributed by atoms with Gasteiger partial charge < -0.3 is 19.7 Å². The van der Waals surface area contributed by atoms with Gasteiger partial charge in [0.2, 0.25) is 11.8 Å². The van der Waals surface area contributed by atoms with E-state index in [1.807, 2.05) is 37.8 Å². The van der Waals surface area contributed by atoms with E-state index in [2.05, 4.69) is 5.32 Å². The van der Waals surface area contributed by atoms with E-state index in [0.717, 1.165) is 17.5 Å². The van der Waals surface area contributed by atoms with Crippen LogP contribution in [0.3, 0.4) is 0 Å². The van der Waals surface area contributed by atoms with Gasteiger partial charge in [0.05, 0.1) is 14.2 Å². The fourth-order valence-corrected chi connectivity index (χ4v) is 3.48. The lowest BCUT2D eigenvalue weighted by molar-refractivity contribution is -0.145. The monoisotopic (exact) mass is 360 g/mol. The first-order valence-electron chi connectivity index (χ1n) is 9.06. The Morgan fingerprint density at radius 3 is 2.15 bits per heavy atom. The third-order valence-corrected chi connectivity index (χ3v) is 5.09. The van der Waals surface area contributed by atoms with Crippen LogP contribution >= 0.6 is 0 Å². The van der Waals surface area contributed by atoms with Crippen molar-refractivity contribution in [2.24, 2.45) is 5.41 Å². The van der Waals surface area contributed by atoms with Gasteiger partial charge in [-0.2, -0.15) is 0 Å². The minimum Gasteiger partial charge on any atom is -0.493 e. The van der Waals surface area contributed by atoms with E-state index >= 15 is 0 Å². The number of rotatable bonds is 4. The highest BCUT2D eigenvalue weighted by Crippen LogP contribution is 2.48. The SMILES string of the molecule is COc1cc2c(cc1OC)CN(C(=O)C1(C(=O)NC(C)(C)C)CC1)CC2. The van der Waals surface area contributed by atoms with Gasteiger partial charge in [-0.05, 0) is 63.3 Å². The Morgan fingerprint density at radius 2 is 1.65 bits per heavy atom. The summed E-state index contributed by atoms with van der Waals surface area (Å²) < 4.78 is 10.7. The lowest BCUT2D eigenvalue weighted by Crippen LogP contribution is -2.51. The number of methoxy groups -OCH3 is 2. The predicted octanol–water partition coefficient (Wildman–Crippen LogP) is 2.28. The summed E-state index contributed by atoms with van der Waals surface area (Å²) in [5.74, 6) is 1.16. The van der Waals surface area contributed by atoms with Crippen LogP contribution in [0.1, 0.15) is 44.7 Å². The number of amides is 2. The number of nitrogens with one attached hydrogen (secondary N) is 1. The van der Waals surface area contributed by atoms with Crippen molar-refractivity contribution in [3.63, 3.8) is 0 Å². The van der Waals surface area contributed by atoms with Gasteiger partial charge in [-0.15, -0.1) is 0 Å². The Kier molecular flexibility index (Phi) is 4.63. The molecule has 142 valence electrons. The molecule has 2 aliphatic rings. The zero-order valence-electron chi connectivity index (χ0n) is 16.3. The average molecular weight is 360 g/mol. The van der Waals surface area contributed by atoms with Crippen molar-refractivity contribution in [3.8, 4) is 11.5 Å². The fraction of sp³-hybridized carbons (Fsp3) is 0.600. The molecule has 0 radical (unpaired) electrons. The molecule has 1 fully saturated rings. The molecule has 2 amide bonds. The van der Waals surface area contributed by atoms with Gasteiger partial charge in [0, 0.05) is 18.6 Å². The third kappa shape index (κ3) is 3.37. The van der Waals surface area contributed by atoms with E-state index in [1.165, 1.54) is 0 Å². The summed E-state index contributed by atoms with van der Waals surface area (Å²) >= 11 is 0. The number of hydrogen-bond acceptors (Lipinski definition) is 4. The largest absolute Gasteiger partial charge is 0.493 e. The minimum atomic E-state index is -0.874. The van der Waals surface area contributed by atoms with E-state index in [0.29, 0.717) is 37.4 Å². The number of fused-ring (bicyclic) bond motifs is 1. The van der Waals surface area contributed by atoms with Gasteiger partial charge in [-0.1, -0.05) is 0 Å². The van der Waals surface area contributed by atoms with Crippen molar-refractivity contribution in [1.29, 1.82) is 0 Å². The maximum absolute atomic E-state index is 13.1. The first-order chi connectivity index (χ1) is 12.2. The van der Waals surface area contributed by atoms with Crippen LogP contribution in [0, 0.1) is 5.41 Å². The van der Waals surface area contributed by atoms with Crippen LogP contribution in [0.5, 0.6) is 11.5 Å². The van der Waals surface area contributed by atoms with E-state index < -0.39 is 5.41 Å². The summed E-state index contributed by atoms with van der Waals surface area (Å²) in [6, 6.07) is 3.91. The summed E-state index contributed by atoms with van der Waals surface area (Å²) in [5.41, 5.74) is 0.997. The Balaban J connectivity index is 1.78. The first-order valence-corrected chi connectivity index (χ1v) is 9.06. The first kappa shape index (κ1) is 18.5. The molecule has 1 N–H and O–H groups in total. The van der Waals surface area contributed by atoms with Crippen molar-refractivity contribution in [1.82, 2.24) is 10.2 Å². The Labute approximate surface area is 154 Å². The van der Waals surface area contributed by atoms with Crippen LogP contribution in [0.2, 0.25) is 0 Å². The Morgan fingerprint density at radius 1 is 1.08 bits per heavy atom. The molecule has 1 aliphatic heterocycles. The molecule has 1 aromatic carbocycles. The number of benzene rings is 1. The van der Waals surface area contributed by atoms with E-state index in [-0.39, 0.29) is 17.4 Å². The lowest BCUT2D eigenvalue weighted by atomic mass is 9.95. The molecule has 1 heterocycles. The third-order valence-electron chi connectivity index (χ3n) is 5.09. The van der Waals surface area contributed by atoms with Crippen molar-refractivity contribution in [3.05, 3.63) is 23.3 Å². The van der Waals surface area contributed by atoms with Crippen molar-refractivity contribution in [2.75, 3.05) is 20.8 Å². The zero-order valence-corrected chi connectivity index (χ0v) is 16.3. The van der Waals surface area contributed by atoms with E-state index in [1.54, 1.807) is 14.2 Å². The van der Waals surface area contributed by atoms with Crippen LogP contribution in [0.25, 0.3) is 0 Å². The normalized spacial score (nSPS) is 18.0. The molecule has 3 rings (SSSR count). The molecular formula is C20H28N2O4. The van der Waals surface area contributed by atoms with Crippen molar-refractivity contribution < 1.29 is 19.1 Å². The molecule has 1 aliphatic carbocycles. The topological polar surface area (TPSA) is 67.9 Å². The van der Waals surface area contributed by atoms with Crippen molar-refractivity contribution >= 4 is 11.8 Å². The summed E-state index contributed by atoms with van der Waals surface area (Å²) in [6.45, 7) is 6.91. The summed E-state index contributed by atoms with van der Waals surface area (Å²) in [4.78, 5) is 27.6. The highest BCUT2D eigenvalue weighted by Gasteiger charge is 2.58. The van der Waals surface area contributed by atoms with Gasteiger partial charge >= 0.3 is 0 Å². The molecule has 0 spiro atoms. The molecule has 1 aromatic rings. The molecule has 0 saturated heterocycles. The molecule has 0 unspecified atom stereocenters. The molecule has 6 heteroatoms. The maximum atomic E-state index is 13.1. The van der Waals surface area contributed by atoms with E-state index in [9.17, 15) is 9.59 Å². The quantitative estimate of drug-likeness (QED) is 0.837. The predicted molar refractivity (Wildman–Crippen MR) is 98.2 cm³/mol. The van der Waals surface area contributed by atoms with Crippen LogP contribution in [0.4, 0.5) is 0 Å². The molecule has 6 nitrogen and oxygen atoms in total. The lowest BCUT2D eigenvalue weighted by Gasteiger charge is -2.33. The number of carbonyl (C=O) groups excluding carboxylic acids is 2. The van der Waals surface area contributed by atoms with Gasteiger partial charge in [-0.3, -0.25) is 9.59 Å². The van der Waals surface area contributed by atoms with Crippen LogP contribution in [-0.4, -0.2) is 43.0 Å². The molecule has 0 aromatic heterocycles. The minimum absolute atomic E-state index is 0.0558. The number of ether oxygens (including phenoxy) is 2. The molecule has 26 heavy (non-hydrogen) atoms. The summed E-state index contributed by atoms with van der Waals surface area (Å²) in [5, 5.41) is 2.97. The molecular weight excluding hydrogens is 332 g/mol. The summed E-state index contributed by atoms with van der Waals surface area (Å²) in [6.07, 6.45) is 2.00. The van der Waals surface area contributed by atoms with Gasteiger partial charge in [0.1, 0.15) is 5.41 Å². The van der Waals surface area contributed by atoms with Crippen molar-refractivity contribution in [2.45, 2.75) is 52.1 Å². The highest BCUT2D eigenvalue weighted by atomic mass is 16.5.